The average Bonchev–Trinajstić information content (AvgIpc) is 3.53. The summed E-state index contributed by atoms with van der Waals surface area (Å²) in [4.78, 5) is 35.2. The minimum Gasteiger partial charge on any atom is -0.494 e. The number of carbonyl (C=O) groups is 2. The molecule has 0 radical (unpaired) electrons. The van der Waals surface area contributed by atoms with Gasteiger partial charge in [-0.15, -0.1) is 0 Å². The van der Waals surface area contributed by atoms with Crippen LogP contribution in [0.3, 0.4) is 0 Å². The van der Waals surface area contributed by atoms with Crippen LogP contribution in [-0.2, 0) is 21.0 Å². The number of benzene rings is 4. The van der Waals surface area contributed by atoms with Crippen molar-refractivity contribution < 1.29 is 28.6 Å². The lowest BCUT2D eigenvalue weighted by atomic mass is 9.90. The zero-order valence-electron chi connectivity index (χ0n) is 23.5. The molecule has 2 fully saturated rings. The van der Waals surface area contributed by atoms with Gasteiger partial charge in [-0.25, -0.2) is 9.96 Å². The van der Waals surface area contributed by atoms with Crippen LogP contribution in [0.15, 0.2) is 103 Å². The van der Waals surface area contributed by atoms with Crippen molar-refractivity contribution in [1.29, 1.82) is 0 Å². The molecule has 2 saturated heterocycles. The standard InChI is InChI=1S/C34H32N2O6/c1-3-39-27-18-16-25(17-19-27)35-33(37)30-31(36(42-32(30)34(35)38)26-13-9-6-10-14-26)24-15-20-28(29(21-24)40-4-2)41-22-23-11-7-5-8-12-23/h5-21,30-32H,3-4,22H2,1-2H3/t30-,31-,32-/m1/s1. The van der Waals surface area contributed by atoms with Crippen LogP contribution in [-0.4, -0.2) is 31.1 Å². The van der Waals surface area contributed by atoms with E-state index in [-0.39, 0.29) is 5.91 Å². The molecule has 4 aromatic rings. The largest absolute Gasteiger partial charge is 0.494 e. The van der Waals surface area contributed by atoms with Gasteiger partial charge in [-0.2, -0.15) is 0 Å². The van der Waals surface area contributed by atoms with Gasteiger partial charge in [0.2, 0.25) is 5.91 Å². The van der Waals surface area contributed by atoms with Gasteiger partial charge in [-0.3, -0.25) is 14.4 Å². The summed E-state index contributed by atoms with van der Waals surface area (Å²) in [5.41, 5.74) is 3.04. The first-order valence-corrected chi connectivity index (χ1v) is 14.1. The molecule has 2 aliphatic rings. The molecule has 0 saturated carbocycles. The zero-order valence-corrected chi connectivity index (χ0v) is 23.5. The maximum Gasteiger partial charge on any atom is 0.266 e. The molecule has 2 heterocycles. The molecule has 0 aromatic heterocycles. The van der Waals surface area contributed by atoms with E-state index in [0.29, 0.717) is 42.8 Å². The fourth-order valence-electron chi connectivity index (χ4n) is 5.50. The Balaban J connectivity index is 1.35. The number of hydroxylamine groups is 1. The predicted molar refractivity (Wildman–Crippen MR) is 159 cm³/mol. The van der Waals surface area contributed by atoms with Crippen molar-refractivity contribution >= 4 is 23.2 Å². The minimum absolute atomic E-state index is 0.319. The van der Waals surface area contributed by atoms with Crippen LogP contribution in [0.1, 0.15) is 31.0 Å². The number of rotatable bonds is 10. The number of ether oxygens (including phenoxy) is 3. The number of anilines is 2. The Kier molecular flexibility index (Phi) is 7.79. The summed E-state index contributed by atoms with van der Waals surface area (Å²) >= 11 is 0. The van der Waals surface area contributed by atoms with Crippen molar-refractivity contribution in [2.75, 3.05) is 23.2 Å². The van der Waals surface area contributed by atoms with E-state index in [1.165, 1.54) is 4.90 Å². The smallest absolute Gasteiger partial charge is 0.266 e. The summed E-state index contributed by atoms with van der Waals surface area (Å²) in [6, 6.07) is 31.4. The first kappa shape index (κ1) is 27.4. The fourth-order valence-corrected chi connectivity index (χ4v) is 5.50. The second-order valence-electron chi connectivity index (χ2n) is 10.0. The average molecular weight is 565 g/mol. The Bertz CT molecular complexity index is 1540. The third-order valence-corrected chi connectivity index (χ3v) is 7.38. The molecule has 8 heteroatoms. The van der Waals surface area contributed by atoms with Gasteiger partial charge in [0.1, 0.15) is 18.3 Å². The monoisotopic (exact) mass is 564 g/mol. The van der Waals surface area contributed by atoms with Crippen LogP contribution in [0.2, 0.25) is 0 Å². The van der Waals surface area contributed by atoms with E-state index in [1.54, 1.807) is 29.3 Å². The molecule has 6 rings (SSSR count). The lowest BCUT2D eigenvalue weighted by Gasteiger charge is -2.29. The number of fused-ring (bicyclic) bond motifs is 1. The number of carbonyl (C=O) groups excluding carboxylic acids is 2. The van der Waals surface area contributed by atoms with E-state index in [9.17, 15) is 9.59 Å². The molecule has 0 unspecified atom stereocenters. The summed E-state index contributed by atoms with van der Waals surface area (Å²) in [5, 5.41) is 1.68. The Morgan fingerprint density at radius 1 is 0.690 bits per heavy atom. The van der Waals surface area contributed by atoms with Crippen molar-refractivity contribution in [3.05, 3.63) is 114 Å². The van der Waals surface area contributed by atoms with Crippen LogP contribution in [0.5, 0.6) is 17.2 Å². The van der Waals surface area contributed by atoms with Crippen molar-refractivity contribution in [2.45, 2.75) is 32.6 Å². The van der Waals surface area contributed by atoms with E-state index in [2.05, 4.69) is 0 Å². The molecule has 4 aromatic carbocycles. The highest BCUT2D eigenvalue weighted by Crippen LogP contribution is 2.49. The van der Waals surface area contributed by atoms with E-state index < -0.39 is 24.0 Å². The highest BCUT2D eigenvalue weighted by Gasteiger charge is 2.60. The van der Waals surface area contributed by atoms with Crippen molar-refractivity contribution in [2.24, 2.45) is 5.92 Å². The van der Waals surface area contributed by atoms with E-state index in [0.717, 1.165) is 16.8 Å². The summed E-state index contributed by atoms with van der Waals surface area (Å²) in [6.45, 7) is 5.15. The quantitative estimate of drug-likeness (QED) is 0.215. The lowest BCUT2D eigenvalue weighted by Crippen LogP contribution is -2.37. The molecular weight excluding hydrogens is 532 g/mol. The third kappa shape index (κ3) is 5.17. The highest BCUT2D eigenvalue weighted by atomic mass is 16.7. The molecule has 0 bridgehead atoms. The van der Waals surface area contributed by atoms with Gasteiger partial charge in [0.15, 0.2) is 17.6 Å². The Hall–Kier alpha value is -4.82. The number of imide groups is 1. The third-order valence-electron chi connectivity index (χ3n) is 7.38. The predicted octanol–water partition coefficient (Wildman–Crippen LogP) is 6.11. The van der Waals surface area contributed by atoms with Gasteiger partial charge in [-0.1, -0.05) is 54.6 Å². The fraction of sp³-hybridized carbons (Fsp3) is 0.235. The normalized spacial score (nSPS) is 19.6. The Morgan fingerprint density at radius 3 is 2.07 bits per heavy atom. The minimum atomic E-state index is -0.973. The van der Waals surface area contributed by atoms with Gasteiger partial charge in [0.25, 0.3) is 5.91 Å². The maximum atomic E-state index is 14.0. The maximum absolute atomic E-state index is 14.0. The summed E-state index contributed by atoms with van der Waals surface area (Å²) in [6.07, 6.45) is -0.973. The highest BCUT2D eigenvalue weighted by molar-refractivity contribution is 6.24. The number of hydrogen-bond donors (Lipinski definition) is 0. The Labute approximate surface area is 244 Å². The molecule has 0 N–H and O–H groups in total. The SMILES string of the molecule is CCOc1ccc(N2C(=O)[C@@H]3[C@@H](c4ccc(OCc5ccccc5)c(OCC)c4)N(c4ccccc4)O[C@H]3C2=O)cc1. The van der Waals surface area contributed by atoms with Gasteiger partial charge in [-0.05, 0) is 73.5 Å². The number of hydrogen-bond acceptors (Lipinski definition) is 7. The van der Waals surface area contributed by atoms with Crippen molar-refractivity contribution in [1.82, 2.24) is 0 Å². The van der Waals surface area contributed by atoms with Gasteiger partial charge in [0.05, 0.1) is 30.6 Å². The molecule has 2 amide bonds. The van der Waals surface area contributed by atoms with Gasteiger partial charge < -0.3 is 14.2 Å². The van der Waals surface area contributed by atoms with Crippen LogP contribution >= 0.6 is 0 Å². The van der Waals surface area contributed by atoms with Crippen LogP contribution in [0.25, 0.3) is 0 Å². The van der Waals surface area contributed by atoms with Crippen LogP contribution < -0.4 is 24.2 Å². The molecule has 8 nitrogen and oxygen atoms in total. The molecule has 0 aliphatic carbocycles. The second kappa shape index (κ2) is 12.0. The first-order valence-electron chi connectivity index (χ1n) is 14.1. The second-order valence-corrected chi connectivity index (χ2v) is 10.0. The van der Waals surface area contributed by atoms with Crippen molar-refractivity contribution in [3.63, 3.8) is 0 Å². The number of para-hydroxylation sites is 1. The van der Waals surface area contributed by atoms with E-state index >= 15 is 0 Å². The number of amides is 2. The van der Waals surface area contributed by atoms with E-state index in [4.69, 9.17) is 19.0 Å². The van der Waals surface area contributed by atoms with Gasteiger partial charge >= 0.3 is 0 Å². The topological polar surface area (TPSA) is 77.5 Å². The molecule has 0 spiro atoms. The molecule has 2 aliphatic heterocycles. The molecule has 42 heavy (non-hydrogen) atoms. The Morgan fingerprint density at radius 2 is 1.38 bits per heavy atom. The first-order chi connectivity index (χ1) is 20.6. The van der Waals surface area contributed by atoms with Crippen LogP contribution in [0, 0.1) is 5.92 Å². The van der Waals surface area contributed by atoms with E-state index in [1.807, 2.05) is 92.7 Å². The molecule has 214 valence electrons. The summed E-state index contributed by atoms with van der Waals surface area (Å²) in [5.74, 6) is 0.335. The molecular formula is C34H32N2O6. The van der Waals surface area contributed by atoms with Crippen molar-refractivity contribution in [3.8, 4) is 17.2 Å². The summed E-state index contributed by atoms with van der Waals surface area (Å²) in [7, 11) is 0. The summed E-state index contributed by atoms with van der Waals surface area (Å²) < 4.78 is 17.6. The lowest BCUT2D eigenvalue weighted by molar-refractivity contribution is -0.126. The zero-order chi connectivity index (χ0) is 29.1. The van der Waals surface area contributed by atoms with Gasteiger partial charge in [0, 0.05) is 0 Å². The van der Waals surface area contributed by atoms with Crippen LogP contribution in [0.4, 0.5) is 11.4 Å². The molecule has 3 atom stereocenters. The number of nitrogens with zero attached hydrogens (tertiary/aromatic N) is 2.